The van der Waals surface area contributed by atoms with Crippen LogP contribution in [0.15, 0.2) is 78.0 Å². The van der Waals surface area contributed by atoms with Crippen molar-refractivity contribution < 1.29 is 9.59 Å². The van der Waals surface area contributed by atoms with Crippen LogP contribution in [0.4, 0.5) is 5.69 Å². The van der Waals surface area contributed by atoms with Crippen molar-refractivity contribution in [2.24, 2.45) is 0 Å². The summed E-state index contributed by atoms with van der Waals surface area (Å²) < 4.78 is 0. The maximum atomic E-state index is 12.2. The number of carbonyl (C=O) groups excluding carboxylic acids is 2. The van der Waals surface area contributed by atoms with Crippen molar-refractivity contribution in [2.75, 3.05) is 5.32 Å². The number of nitrogens with zero attached hydrogens (tertiary/aromatic N) is 1. The molecule has 2 N–H and O–H groups in total. The average Bonchev–Trinajstić information content (AvgIpc) is 2.68. The molecule has 0 radical (unpaired) electrons. The van der Waals surface area contributed by atoms with Gasteiger partial charge in [-0.05, 0) is 42.0 Å². The molecule has 0 saturated carbocycles. The second-order valence-corrected chi connectivity index (χ2v) is 6.07. The first-order valence-corrected chi connectivity index (χ1v) is 8.45. The predicted octanol–water partition coefficient (Wildman–Crippen LogP) is 3.55. The number of nitrogens with one attached hydrogen (secondary N) is 2. The van der Waals surface area contributed by atoms with Gasteiger partial charge in [-0.25, -0.2) is 0 Å². The highest BCUT2D eigenvalue weighted by atomic mass is 32.1. The molecule has 3 aromatic rings. The summed E-state index contributed by atoms with van der Waals surface area (Å²) in [7, 11) is 0. The van der Waals surface area contributed by atoms with Gasteiger partial charge in [0, 0.05) is 29.5 Å². The highest BCUT2D eigenvalue weighted by Crippen LogP contribution is 2.14. The Bertz CT molecular complexity index is 912. The molecule has 6 heteroatoms. The van der Waals surface area contributed by atoms with E-state index in [2.05, 4.69) is 28.2 Å². The molecule has 130 valence electrons. The van der Waals surface area contributed by atoms with Gasteiger partial charge < -0.3 is 10.6 Å². The third-order valence-corrected chi connectivity index (χ3v) is 4.13. The summed E-state index contributed by atoms with van der Waals surface area (Å²) in [6.45, 7) is 0.387. The van der Waals surface area contributed by atoms with E-state index >= 15 is 0 Å². The largest absolute Gasteiger partial charge is 0.348 e. The molecule has 0 bridgehead atoms. The smallest absolute Gasteiger partial charge is 0.257 e. The minimum atomic E-state index is -0.218. The molecule has 0 saturated heterocycles. The predicted molar refractivity (Wildman–Crippen MR) is 103 cm³/mol. The minimum absolute atomic E-state index is 0.176. The topological polar surface area (TPSA) is 71.1 Å². The number of carbonyl (C=O) groups is 2. The molecule has 0 fully saturated rings. The number of rotatable bonds is 5. The standard InChI is InChI=1S/C20H17N3O2S/c24-19(15-4-3-11-21-13-15)23-16-9-7-14(8-10-16)12-22-20(25)17-5-1-2-6-18(17)26/h1-11,13,26H,12H2,(H,22,25)(H,23,24). The quantitative estimate of drug-likeness (QED) is 0.607. The molecule has 3 rings (SSSR count). The van der Waals surface area contributed by atoms with Crippen LogP contribution in [0, 0.1) is 0 Å². The van der Waals surface area contributed by atoms with E-state index in [0.717, 1.165) is 5.56 Å². The maximum Gasteiger partial charge on any atom is 0.257 e. The summed E-state index contributed by atoms with van der Waals surface area (Å²) in [5, 5.41) is 5.67. The molecule has 2 amide bonds. The van der Waals surface area contributed by atoms with Crippen LogP contribution in [0.5, 0.6) is 0 Å². The summed E-state index contributed by atoms with van der Waals surface area (Å²) in [4.78, 5) is 28.8. The van der Waals surface area contributed by atoms with Gasteiger partial charge in [-0.2, -0.15) is 0 Å². The first-order valence-electron chi connectivity index (χ1n) is 8.00. The highest BCUT2D eigenvalue weighted by molar-refractivity contribution is 7.80. The highest BCUT2D eigenvalue weighted by Gasteiger charge is 2.09. The third-order valence-electron chi connectivity index (χ3n) is 3.74. The summed E-state index contributed by atoms with van der Waals surface area (Å²) in [5.41, 5.74) is 2.63. The normalized spacial score (nSPS) is 10.2. The Hall–Kier alpha value is -3.12. The molecule has 0 atom stereocenters. The van der Waals surface area contributed by atoms with E-state index in [9.17, 15) is 9.59 Å². The van der Waals surface area contributed by atoms with E-state index in [4.69, 9.17) is 0 Å². The first-order chi connectivity index (χ1) is 12.6. The fourth-order valence-corrected chi connectivity index (χ4v) is 2.61. The molecular formula is C20H17N3O2S. The Morgan fingerprint density at radius 3 is 2.38 bits per heavy atom. The Morgan fingerprint density at radius 1 is 0.923 bits per heavy atom. The van der Waals surface area contributed by atoms with Crippen LogP contribution < -0.4 is 10.6 Å². The molecule has 1 heterocycles. The van der Waals surface area contributed by atoms with Crippen LogP contribution in [0.2, 0.25) is 0 Å². The Kier molecular flexibility index (Phi) is 5.66. The van der Waals surface area contributed by atoms with Crippen LogP contribution in [0.1, 0.15) is 26.3 Å². The van der Waals surface area contributed by atoms with Crippen LogP contribution in [-0.2, 0) is 6.54 Å². The van der Waals surface area contributed by atoms with E-state index in [-0.39, 0.29) is 11.8 Å². The fraction of sp³-hybridized carbons (Fsp3) is 0.0500. The van der Waals surface area contributed by atoms with Crippen molar-refractivity contribution in [1.29, 1.82) is 0 Å². The summed E-state index contributed by atoms with van der Waals surface area (Å²) in [6, 6.07) is 17.8. The van der Waals surface area contributed by atoms with Crippen LogP contribution in [0.25, 0.3) is 0 Å². The van der Waals surface area contributed by atoms with Crippen molar-refractivity contribution in [2.45, 2.75) is 11.4 Å². The SMILES string of the molecule is O=C(Nc1ccc(CNC(=O)c2ccccc2S)cc1)c1cccnc1. The van der Waals surface area contributed by atoms with Crippen LogP contribution >= 0.6 is 12.6 Å². The Labute approximate surface area is 156 Å². The number of hydrogen-bond acceptors (Lipinski definition) is 4. The van der Waals surface area contributed by atoms with Crippen molar-refractivity contribution >= 4 is 30.1 Å². The van der Waals surface area contributed by atoms with Gasteiger partial charge in [-0.15, -0.1) is 12.6 Å². The van der Waals surface area contributed by atoms with Gasteiger partial charge in [0.05, 0.1) is 11.1 Å². The molecule has 0 aliphatic carbocycles. The average molecular weight is 363 g/mol. The van der Waals surface area contributed by atoms with E-state index in [1.165, 1.54) is 6.20 Å². The van der Waals surface area contributed by atoms with Crippen molar-refractivity contribution in [3.8, 4) is 0 Å². The zero-order valence-electron chi connectivity index (χ0n) is 13.8. The molecule has 0 unspecified atom stereocenters. The van der Waals surface area contributed by atoms with E-state index in [0.29, 0.717) is 28.3 Å². The van der Waals surface area contributed by atoms with Crippen molar-refractivity contribution in [1.82, 2.24) is 10.3 Å². The molecule has 2 aromatic carbocycles. The van der Waals surface area contributed by atoms with Gasteiger partial charge in [-0.1, -0.05) is 24.3 Å². The number of hydrogen-bond donors (Lipinski definition) is 3. The summed E-state index contributed by atoms with van der Waals surface area (Å²) in [6.07, 6.45) is 3.13. The monoisotopic (exact) mass is 363 g/mol. The van der Waals surface area contributed by atoms with Gasteiger partial charge in [0.2, 0.25) is 0 Å². The second-order valence-electron chi connectivity index (χ2n) is 5.59. The van der Waals surface area contributed by atoms with Gasteiger partial charge in [0.25, 0.3) is 11.8 Å². The molecule has 26 heavy (non-hydrogen) atoms. The van der Waals surface area contributed by atoms with E-state index in [1.54, 1.807) is 48.7 Å². The molecule has 5 nitrogen and oxygen atoms in total. The number of amides is 2. The minimum Gasteiger partial charge on any atom is -0.348 e. The van der Waals surface area contributed by atoms with Crippen molar-refractivity contribution in [3.05, 3.63) is 89.7 Å². The molecule has 0 aliphatic rings. The lowest BCUT2D eigenvalue weighted by molar-refractivity contribution is 0.0947. The van der Waals surface area contributed by atoms with Gasteiger partial charge in [-0.3, -0.25) is 14.6 Å². The zero-order valence-corrected chi connectivity index (χ0v) is 14.7. The lowest BCUT2D eigenvalue weighted by Crippen LogP contribution is -2.23. The lowest BCUT2D eigenvalue weighted by Gasteiger charge is -2.09. The number of pyridine rings is 1. The molecule has 0 aliphatic heterocycles. The van der Waals surface area contributed by atoms with Gasteiger partial charge in [0.15, 0.2) is 0 Å². The molecule has 1 aromatic heterocycles. The third kappa shape index (κ3) is 4.49. The lowest BCUT2D eigenvalue weighted by atomic mass is 10.1. The second kappa shape index (κ2) is 8.31. The number of thiol groups is 1. The number of anilines is 1. The summed E-state index contributed by atoms with van der Waals surface area (Å²) in [5.74, 6) is -0.394. The van der Waals surface area contributed by atoms with Gasteiger partial charge >= 0.3 is 0 Å². The summed E-state index contributed by atoms with van der Waals surface area (Å²) >= 11 is 4.29. The van der Waals surface area contributed by atoms with Gasteiger partial charge in [0.1, 0.15) is 0 Å². The van der Waals surface area contributed by atoms with Crippen LogP contribution in [-0.4, -0.2) is 16.8 Å². The maximum absolute atomic E-state index is 12.2. The first kappa shape index (κ1) is 17.7. The zero-order chi connectivity index (χ0) is 18.4. The van der Waals surface area contributed by atoms with E-state index < -0.39 is 0 Å². The Morgan fingerprint density at radius 2 is 1.69 bits per heavy atom. The number of aromatic nitrogens is 1. The molecular weight excluding hydrogens is 346 g/mol. The van der Waals surface area contributed by atoms with Crippen LogP contribution in [0.3, 0.4) is 0 Å². The van der Waals surface area contributed by atoms with E-state index in [1.807, 2.05) is 18.2 Å². The Balaban J connectivity index is 1.57. The number of benzene rings is 2. The van der Waals surface area contributed by atoms with Crippen molar-refractivity contribution in [3.63, 3.8) is 0 Å². The fourth-order valence-electron chi connectivity index (χ4n) is 2.35. The molecule has 0 spiro atoms.